The number of primary sulfonamides is 1. The smallest absolute Gasteiger partial charge is 0.213 e. The highest BCUT2D eigenvalue weighted by molar-refractivity contribution is 7.88. The van der Waals surface area contributed by atoms with Gasteiger partial charge in [-0.25, -0.2) is 13.6 Å². The number of aromatic nitrogens is 1. The maximum Gasteiger partial charge on any atom is 0.213 e. The minimum atomic E-state index is -3.48. The fourth-order valence-electron chi connectivity index (χ4n) is 1.69. The lowest BCUT2D eigenvalue weighted by atomic mass is 10.2. The average Bonchev–Trinajstić information content (AvgIpc) is 2.83. The van der Waals surface area contributed by atoms with Crippen LogP contribution in [-0.4, -0.2) is 13.4 Å². The van der Waals surface area contributed by atoms with Crippen LogP contribution in [0.25, 0.3) is 0 Å². The van der Waals surface area contributed by atoms with E-state index in [0.717, 1.165) is 10.6 Å². The Kier molecular flexibility index (Phi) is 4.18. The lowest BCUT2D eigenvalue weighted by Crippen LogP contribution is -2.14. The molecule has 5 nitrogen and oxygen atoms in total. The second kappa shape index (κ2) is 5.68. The Bertz CT molecular complexity index is 622. The summed E-state index contributed by atoms with van der Waals surface area (Å²) in [5, 5.41) is 8.33. The van der Waals surface area contributed by atoms with Crippen LogP contribution in [0.2, 0.25) is 0 Å². The topological polar surface area (TPSA) is 85.1 Å². The summed E-state index contributed by atoms with van der Waals surface area (Å²) in [4.78, 5) is 5.18. The lowest BCUT2D eigenvalue weighted by Gasteiger charge is -2.13. The predicted octanol–water partition coefficient (Wildman–Crippen LogP) is 2.10. The maximum absolute atomic E-state index is 11.0. The molecule has 1 aromatic heterocycles. The molecule has 0 aliphatic carbocycles. The predicted molar refractivity (Wildman–Crippen MR) is 77.4 cm³/mol. The van der Waals surface area contributed by atoms with Gasteiger partial charge in [-0.1, -0.05) is 12.1 Å². The van der Waals surface area contributed by atoms with Gasteiger partial charge in [0.15, 0.2) is 0 Å². The quantitative estimate of drug-likeness (QED) is 0.885. The fraction of sp³-hybridized carbons (Fsp3) is 0.250. The SMILES string of the molecule is CC(Nc1ccc(CS(N)(=O)=O)cc1)c1cncs1. The van der Waals surface area contributed by atoms with E-state index >= 15 is 0 Å². The molecule has 0 aliphatic heterocycles. The Morgan fingerprint density at radius 3 is 2.58 bits per heavy atom. The second-order valence-electron chi connectivity index (χ2n) is 4.27. The molecule has 0 saturated heterocycles. The molecule has 0 bridgehead atoms. The van der Waals surface area contributed by atoms with Gasteiger partial charge in [-0.2, -0.15) is 0 Å². The molecule has 19 heavy (non-hydrogen) atoms. The standard InChI is InChI=1S/C12H15N3O2S2/c1-9(12-6-14-8-18-12)15-11-4-2-10(3-5-11)7-19(13,16)17/h2-6,8-9,15H,7H2,1H3,(H2,13,16,17). The number of benzene rings is 1. The molecule has 0 saturated carbocycles. The van der Waals surface area contributed by atoms with Crippen molar-refractivity contribution in [3.63, 3.8) is 0 Å². The molecule has 102 valence electrons. The summed E-state index contributed by atoms with van der Waals surface area (Å²) in [5.41, 5.74) is 3.40. The van der Waals surface area contributed by atoms with Crippen LogP contribution < -0.4 is 10.5 Å². The van der Waals surface area contributed by atoms with E-state index in [9.17, 15) is 8.42 Å². The molecular formula is C12H15N3O2S2. The second-order valence-corrected chi connectivity index (χ2v) is 6.81. The molecule has 1 unspecified atom stereocenters. The highest BCUT2D eigenvalue weighted by atomic mass is 32.2. The number of nitrogens with zero attached hydrogens (tertiary/aromatic N) is 1. The van der Waals surface area contributed by atoms with Gasteiger partial charge in [-0.15, -0.1) is 11.3 Å². The Labute approximate surface area is 116 Å². The molecule has 7 heteroatoms. The van der Waals surface area contributed by atoms with Crippen molar-refractivity contribution in [1.82, 2.24) is 4.98 Å². The van der Waals surface area contributed by atoms with Crippen molar-refractivity contribution in [3.8, 4) is 0 Å². The molecule has 0 radical (unpaired) electrons. The number of nitrogens with one attached hydrogen (secondary N) is 1. The minimum absolute atomic E-state index is 0.141. The lowest BCUT2D eigenvalue weighted by molar-refractivity contribution is 0.597. The van der Waals surface area contributed by atoms with E-state index in [1.165, 1.54) is 0 Å². The number of nitrogens with two attached hydrogens (primary N) is 1. The van der Waals surface area contributed by atoms with E-state index in [4.69, 9.17) is 5.14 Å². The third-order valence-electron chi connectivity index (χ3n) is 2.58. The van der Waals surface area contributed by atoms with Crippen LogP contribution in [0.5, 0.6) is 0 Å². The number of hydrogen-bond donors (Lipinski definition) is 2. The zero-order valence-electron chi connectivity index (χ0n) is 10.4. The van der Waals surface area contributed by atoms with Gasteiger partial charge in [0.05, 0.1) is 17.3 Å². The summed E-state index contributed by atoms with van der Waals surface area (Å²) < 4.78 is 22.0. The average molecular weight is 297 g/mol. The molecule has 1 heterocycles. The first-order valence-corrected chi connectivity index (χ1v) is 8.28. The van der Waals surface area contributed by atoms with E-state index < -0.39 is 10.0 Å². The molecule has 0 fully saturated rings. The zero-order chi connectivity index (χ0) is 13.9. The highest BCUT2D eigenvalue weighted by Gasteiger charge is 2.08. The largest absolute Gasteiger partial charge is 0.378 e. The van der Waals surface area contributed by atoms with Crippen LogP contribution in [-0.2, 0) is 15.8 Å². The Morgan fingerprint density at radius 2 is 2.05 bits per heavy atom. The molecule has 2 aromatic rings. The van der Waals surface area contributed by atoms with Gasteiger partial charge >= 0.3 is 0 Å². The molecule has 2 rings (SSSR count). The maximum atomic E-state index is 11.0. The first-order chi connectivity index (χ1) is 8.94. The van der Waals surface area contributed by atoms with Crippen LogP contribution in [0.15, 0.2) is 36.0 Å². The van der Waals surface area contributed by atoms with E-state index in [0.29, 0.717) is 5.56 Å². The highest BCUT2D eigenvalue weighted by Crippen LogP contribution is 2.22. The summed E-state index contributed by atoms with van der Waals surface area (Å²) in [6, 6.07) is 7.37. The van der Waals surface area contributed by atoms with Crippen LogP contribution >= 0.6 is 11.3 Å². The summed E-state index contributed by atoms with van der Waals surface area (Å²) in [7, 11) is -3.48. The van der Waals surface area contributed by atoms with Crippen molar-refractivity contribution in [1.29, 1.82) is 0 Å². The molecule has 3 N–H and O–H groups in total. The normalized spacial score (nSPS) is 13.2. The van der Waals surface area contributed by atoms with Crippen LogP contribution in [0.4, 0.5) is 5.69 Å². The monoisotopic (exact) mass is 297 g/mol. The number of sulfonamides is 1. The van der Waals surface area contributed by atoms with Crippen molar-refractivity contribution in [2.75, 3.05) is 5.32 Å². The van der Waals surface area contributed by atoms with Crippen LogP contribution in [0.3, 0.4) is 0 Å². The van der Waals surface area contributed by atoms with Crippen LogP contribution in [0.1, 0.15) is 23.4 Å². The van der Waals surface area contributed by atoms with Gasteiger partial charge in [0, 0.05) is 16.8 Å². The first kappa shape index (κ1) is 14.0. The van der Waals surface area contributed by atoms with Gasteiger partial charge in [0.2, 0.25) is 10.0 Å². The Balaban J connectivity index is 2.03. The number of rotatable bonds is 5. The summed E-state index contributed by atoms with van der Waals surface area (Å²) in [5.74, 6) is -0.141. The number of anilines is 1. The van der Waals surface area contributed by atoms with E-state index in [1.807, 2.05) is 25.3 Å². The summed E-state index contributed by atoms with van der Waals surface area (Å²) >= 11 is 1.59. The minimum Gasteiger partial charge on any atom is -0.378 e. The molecule has 1 atom stereocenters. The van der Waals surface area contributed by atoms with Crippen molar-refractivity contribution in [2.45, 2.75) is 18.7 Å². The van der Waals surface area contributed by atoms with Crippen molar-refractivity contribution in [3.05, 3.63) is 46.4 Å². The van der Waals surface area contributed by atoms with Gasteiger partial charge in [-0.3, -0.25) is 4.98 Å². The summed E-state index contributed by atoms with van der Waals surface area (Å²) in [6.07, 6.45) is 1.83. The van der Waals surface area contributed by atoms with E-state index in [2.05, 4.69) is 10.3 Å². The van der Waals surface area contributed by atoms with Gasteiger partial charge in [0.25, 0.3) is 0 Å². The Hall–Kier alpha value is -1.44. The van der Waals surface area contributed by atoms with E-state index in [-0.39, 0.29) is 11.8 Å². The third-order valence-corrected chi connectivity index (χ3v) is 4.28. The van der Waals surface area contributed by atoms with E-state index in [1.54, 1.807) is 29.0 Å². The first-order valence-electron chi connectivity index (χ1n) is 5.68. The fourth-order valence-corrected chi connectivity index (χ4v) is 2.98. The van der Waals surface area contributed by atoms with Gasteiger partial charge < -0.3 is 5.32 Å². The Morgan fingerprint density at radius 1 is 1.37 bits per heavy atom. The molecule has 0 amide bonds. The van der Waals surface area contributed by atoms with Crippen LogP contribution in [0, 0.1) is 0 Å². The third kappa shape index (κ3) is 4.30. The van der Waals surface area contributed by atoms with Crippen molar-refractivity contribution < 1.29 is 8.42 Å². The van der Waals surface area contributed by atoms with Gasteiger partial charge in [-0.05, 0) is 24.6 Å². The zero-order valence-corrected chi connectivity index (χ0v) is 12.0. The van der Waals surface area contributed by atoms with Crippen molar-refractivity contribution >= 4 is 27.0 Å². The van der Waals surface area contributed by atoms with Crippen molar-refractivity contribution in [2.24, 2.45) is 5.14 Å². The molecular weight excluding hydrogens is 282 g/mol. The van der Waals surface area contributed by atoms with Gasteiger partial charge in [0.1, 0.15) is 0 Å². The summed E-state index contributed by atoms with van der Waals surface area (Å²) in [6.45, 7) is 2.05. The molecule has 0 spiro atoms. The molecule has 1 aromatic carbocycles. The number of hydrogen-bond acceptors (Lipinski definition) is 5. The number of thiazole rings is 1. The molecule has 0 aliphatic rings.